The van der Waals surface area contributed by atoms with E-state index in [9.17, 15) is 0 Å². The number of aromatic nitrogens is 6. The molecular formula is C12H20N8. The van der Waals surface area contributed by atoms with Crippen LogP contribution in [0.3, 0.4) is 0 Å². The van der Waals surface area contributed by atoms with Gasteiger partial charge >= 0.3 is 0 Å². The lowest BCUT2D eigenvalue weighted by atomic mass is 10.3. The molecule has 0 atom stereocenters. The Balaban J connectivity index is 2.44. The lowest BCUT2D eigenvalue weighted by Gasteiger charge is -2.26. The molecule has 20 heavy (non-hydrogen) atoms. The second-order valence-electron chi connectivity index (χ2n) is 4.64. The Hall–Kier alpha value is -2.25. The standard InChI is InChI=1S/C12H20N8/c1-5-6-19(9(2)3)11-16-10(13-4)17-12(18-11)20-8-14-7-15-20/h7-9H,5-6H2,1-4H3,(H,13,16,17,18). The smallest absolute Gasteiger partial charge is 0.258 e. The zero-order chi connectivity index (χ0) is 14.5. The summed E-state index contributed by atoms with van der Waals surface area (Å²) in [6.07, 6.45) is 4.05. The summed E-state index contributed by atoms with van der Waals surface area (Å²) >= 11 is 0. The van der Waals surface area contributed by atoms with E-state index in [0.29, 0.717) is 23.9 Å². The van der Waals surface area contributed by atoms with Gasteiger partial charge in [0.15, 0.2) is 0 Å². The molecule has 0 aliphatic heterocycles. The van der Waals surface area contributed by atoms with Crippen molar-refractivity contribution in [1.29, 1.82) is 0 Å². The minimum Gasteiger partial charge on any atom is -0.357 e. The third kappa shape index (κ3) is 3.01. The quantitative estimate of drug-likeness (QED) is 0.846. The van der Waals surface area contributed by atoms with E-state index in [0.717, 1.165) is 13.0 Å². The average molecular weight is 276 g/mol. The molecule has 0 aromatic carbocycles. The third-order valence-electron chi connectivity index (χ3n) is 2.80. The first-order chi connectivity index (χ1) is 9.65. The van der Waals surface area contributed by atoms with Gasteiger partial charge in [0.1, 0.15) is 12.7 Å². The maximum Gasteiger partial charge on any atom is 0.258 e. The van der Waals surface area contributed by atoms with Gasteiger partial charge in [-0.1, -0.05) is 6.92 Å². The number of anilines is 2. The summed E-state index contributed by atoms with van der Waals surface area (Å²) in [5.74, 6) is 1.62. The Labute approximate surface area is 118 Å². The predicted molar refractivity (Wildman–Crippen MR) is 77.1 cm³/mol. The maximum atomic E-state index is 4.49. The van der Waals surface area contributed by atoms with Crippen molar-refractivity contribution in [3.63, 3.8) is 0 Å². The second-order valence-corrected chi connectivity index (χ2v) is 4.64. The lowest BCUT2D eigenvalue weighted by Crippen LogP contribution is -2.33. The molecule has 8 heteroatoms. The number of hydrogen-bond acceptors (Lipinski definition) is 7. The fourth-order valence-corrected chi connectivity index (χ4v) is 1.84. The van der Waals surface area contributed by atoms with Crippen molar-refractivity contribution >= 4 is 11.9 Å². The minimum atomic E-state index is 0.311. The molecule has 108 valence electrons. The molecule has 0 aliphatic rings. The second kappa shape index (κ2) is 6.27. The van der Waals surface area contributed by atoms with Gasteiger partial charge < -0.3 is 10.2 Å². The van der Waals surface area contributed by atoms with Crippen LogP contribution in [0.25, 0.3) is 5.95 Å². The summed E-state index contributed by atoms with van der Waals surface area (Å²) < 4.78 is 1.52. The summed E-state index contributed by atoms with van der Waals surface area (Å²) in [6, 6.07) is 0.311. The van der Waals surface area contributed by atoms with Crippen LogP contribution in [-0.2, 0) is 0 Å². The molecule has 0 saturated carbocycles. The summed E-state index contributed by atoms with van der Waals surface area (Å²) in [7, 11) is 1.78. The van der Waals surface area contributed by atoms with Gasteiger partial charge in [0.2, 0.25) is 11.9 Å². The van der Waals surface area contributed by atoms with Crippen LogP contribution in [0.1, 0.15) is 27.2 Å². The SMILES string of the molecule is CCCN(c1nc(NC)nc(-n2cncn2)n1)C(C)C. The lowest BCUT2D eigenvalue weighted by molar-refractivity contribution is 0.644. The highest BCUT2D eigenvalue weighted by molar-refractivity contribution is 5.40. The van der Waals surface area contributed by atoms with Crippen LogP contribution < -0.4 is 10.2 Å². The summed E-state index contributed by atoms with van der Waals surface area (Å²) in [4.78, 5) is 19.3. The maximum absolute atomic E-state index is 4.49. The van der Waals surface area contributed by atoms with E-state index >= 15 is 0 Å². The molecule has 0 saturated heterocycles. The van der Waals surface area contributed by atoms with E-state index in [1.807, 2.05) is 0 Å². The van der Waals surface area contributed by atoms with Crippen LogP contribution in [-0.4, -0.2) is 49.4 Å². The molecule has 0 fully saturated rings. The van der Waals surface area contributed by atoms with E-state index in [4.69, 9.17) is 0 Å². The Morgan fingerprint density at radius 3 is 2.65 bits per heavy atom. The van der Waals surface area contributed by atoms with Crippen molar-refractivity contribution in [2.45, 2.75) is 33.2 Å². The Morgan fingerprint density at radius 1 is 1.30 bits per heavy atom. The van der Waals surface area contributed by atoms with Crippen LogP contribution >= 0.6 is 0 Å². The zero-order valence-electron chi connectivity index (χ0n) is 12.3. The Kier molecular flexibility index (Phi) is 4.44. The number of nitrogens with zero attached hydrogens (tertiary/aromatic N) is 7. The molecule has 0 radical (unpaired) electrons. The zero-order valence-corrected chi connectivity index (χ0v) is 12.3. The van der Waals surface area contributed by atoms with Crippen molar-refractivity contribution in [3.8, 4) is 5.95 Å². The molecule has 2 heterocycles. The number of hydrogen-bond donors (Lipinski definition) is 1. The fraction of sp³-hybridized carbons (Fsp3) is 0.583. The normalized spacial score (nSPS) is 10.8. The molecule has 0 amide bonds. The van der Waals surface area contributed by atoms with E-state index in [-0.39, 0.29) is 0 Å². The van der Waals surface area contributed by atoms with Crippen molar-refractivity contribution in [2.24, 2.45) is 0 Å². The first-order valence-electron chi connectivity index (χ1n) is 6.71. The van der Waals surface area contributed by atoms with Gasteiger partial charge in [0.25, 0.3) is 5.95 Å². The molecule has 2 aromatic rings. The minimum absolute atomic E-state index is 0.311. The fourth-order valence-electron chi connectivity index (χ4n) is 1.84. The first kappa shape index (κ1) is 14.2. The van der Waals surface area contributed by atoms with Crippen LogP contribution in [0, 0.1) is 0 Å². The number of rotatable bonds is 6. The summed E-state index contributed by atoms with van der Waals surface area (Å²) in [6.45, 7) is 7.26. The average Bonchev–Trinajstić information content (AvgIpc) is 2.98. The van der Waals surface area contributed by atoms with Crippen LogP contribution in [0.2, 0.25) is 0 Å². The van der Waals surface area contributed by atoms with Gasteiger partial charge in [0, 0.05) is 19.6 Å². The summed E-state index contributed by atoms with van der Waals surface area (Å²) in [5.41, 5.74) is 0. The van der Waals surface area contributed by atoms with E-state index in [1.165, 1.54) is 11.0 Å². The van der Waals surface area contributed by atoms with Crippen molar-refractivity contribution < 1.29 is 0 Å². The molecular weight excluding hydrogens is 256 g/mol. The van der Waals surface area contributed by atoms with E-state index in [1.54, 1.807) is 13.4 Å². The van der Waals surface area contributed by atoms with Crippen LogP contribution in [0.15, 0.2) is 12.7 Å². The molecule has 0 unspecified atom stereocenters. The largest absolute Gasteiger partial charge is 0.357 e. The monoisotopic (exact) mass is 276 g/mol. The molecule has 2 aromatic heterocycles. The molecule has 0 aliphatic carbocycles. The van der Waals surface area contributed by atoms with Crippen molar-refractivity contribution in [2.75, 3.05) is 23.8 Å². The van der Waals surface area contributed by atoms with E-state index < -0.39 is 0 Å². The van der Waals surface area contributed by atoms with Gasteiger partial charge in [-0.3, -0.25) is 0 Å². The first-order valence-corrected chi connectivity index (χ1v) is 6.71. The van der Waals surface area contributed by atoms with Gasteiger partial charge in [-0.05, 0) is 20.3 Å². The van der Waals surface area contributed by atoms with Gasteiger partial charge in [-0.2, -0.15) is 24.7 Å². The number of nitrogens with one attached hydrogen (secondary N) is 1. The predicted octanol–water partition coefficient (Wildman–Crippen LogP) is 1.12. The topological polar surface area (TPSA) is 84.7 Å². The van der Waals surface area contributed by atoms with Gasteiger partial charge in [-0.15, -0.1) is 0 Å². The summed E-state index contributed by atoms with van der Waals surface area (Å²) in [5, 5.41) is 7.01. The highest BCUT2D eigenvalue weighted by Gasteiger charge is 2.16. The highest BCUT2D eigenvalue weighted by Crippen LogP contribution is 2.15. The third-order valence-corrected chi connectivity index (χ3v) is 2.80. The molecule has 0 spiro atoms. The van der Waals surface area contributed by atoms with Crippen LogP contribution in [0.4, 0.5) is 11.9 Å². The van der Waals surface area contributed by atoms with Crippen LogP contribution in [0.5, 0.6) is 0 Å². The molecule has 1 N–H and O–H groups in total. The molecule has 0 bridgehead atoms. The Bertz CT molecular complexity index is 536. The van der Waals surface area contributed by atoms with E-state index in [2.05, 4.69) is 56.0 Å². The van der Waals surface area contributed by atoms with Crippen molar-refractivity contribution in [1.82, 2.24) is 29.7 Å². The van der Waals surface area contributed by atoms with Crippen molar-refractivity contribution in [3.05, 3.63) is 12.7 Å². The van der Waals surface area contributed by atoms with Gasteiger partial charge in [-0.25, -0.2) is 4.98 Å². The molecule has 2 rings (SSSR count). The highest BCUT2D eigenvalue weighted by atomic mass is 15.4. The van der Waals surface area contributed by atoms with Gasteiger partial charge in [0.05, 0.1) is 0 Å². The molecule has 8 nitrogen and oxygen atoms in total. The Morgan fingerprint density at radius 2 is 2.10 bits per heavy atom.